The third-order valence-corrected chi connectivity index (χ3v) is 5.32. The predicted molar refractivity (Wildman–Crippen MR) is 104 cm³/mol. The van der Waals surface area contributed by atoms with Crippen LogP contribution in [0, 0.1) is 23.0 Å². The molecule has 0 aromatic heterocycles. The van der Waals surface area contributed by atoms with Gasteiger partial charge in [0.25, 0.3) is 5.91 Å². The third-order valence-electron chi connectivity index (χ3n) is 5.32. The highest BCUT2D eigenvalue weighted by Crippen LogP contribution is 2.41. The smallest absolute Gasteiger partial charge is 0.255 e. The molecule has 0 saturated heterocycles. The first-order valence-corrected chi connectivity index (χ1v) is 9.74. The summed E-state index contributed by atoms with van der Waals surface area (Å²) in [7, 11) is 0. The van der Waals surface area contributed by atoms with Crippen LogP contribution in [0.3, 0.4) is 0 Å². The Hall–Kier alpha value is -3.80. The van der Waals surface area contributed by atoms with Gasteiger partial charge >= 0.3 is 0 Å². The van der Waals surface area contributed by atoms with E-state index in [0.29, 0.717) is 17.2 Å². The molecule has 3 amide bonds. The van der Waals surface area contributed by atoms with E-state index in [1.807, 2.05) is 0 Å². The molecular weight excluding hydrogens is 406 g/mol. The molecule has 0 bridgehead atoms. The van der Waals surface area contributed by atoms with Gasteiger partial charge in [-0.3, -0.25) is 14.4 Å². The second-order valence-electron chi connectivity index (χ2n) is 7.45. The standard InChI is InChI=1S/C22H18F2N4O3/c23-12-5-8-16(17(24)9-12)18(10-25)27-19(29)11-26-21(30)20-14-3-1-2-4-15(14)22(31)28(20)13-6-7-13/h1-5,8-9,13,18,20H,6-7,11H2,(H,26,30)(H,27,29). The van der Waals surface area contributed by atoms with E-state index in [4.69, 9.17) is 0 Å². The molecule has 2 aliphatic rings. The van der Waals surface area contributed by atoms with Crippen LogP contribution in [0.15, 0.2) is 42.5 Å². The average molecular weight is 424 g/mol. The van der Waals surface area contributed by atoms with Crippen LogP contribution < -0.4 is 10.6 Å². The van der Waals surface area contributed by atoms with E-state index in [-0.39, 0.29) is 17.5 Å². The Bertz CT molecular complexity index is 1110. The summed E-state index contributed by atoms with van der Waals surface area (Å²) in [5.74, 6) is -3.21. The number of carbonyl (C=O) groups is 3. The molecule has 1 saturated carbocycles. The van der Waals surface area contributed by atoms with Crippen LogP contribution >= 0.6 is 0 Å². The van der Waals surface area contributed by atoms with Crippen molar-refractivity contribution in [3.63, 3.8) is 0 Å². The van der Waals surface area contributed by atoms with Gasteiger partial charge in [0.05, 0.1) is 12.6 Å². The van der Waals surface area contributed by atoms with E-state index in [2.05, 4.69) is 10.6 Å². The first-order valence-electron chi connectivity index (χ1n) is 9.74. The van der Waals surface area contributed by atoms with E-state index >= 15 is 0 Å². The van der Waals surface area contributed by atoms with Crippen LogP contribution in [0.4, 0.5) is 8.78 Å². The molecule has 158 valence electrons. The number of carbonyl (C=O) groups excluding carboxylic acids is 3. The molecule has 2 aromatic carbocycles. The van der Waals surface area contributed by atoms with E-state index in [0.717, 1.165) is 25.0 Å². The van der Waals surface area contributed by atoms with Crippen molar-refractivity contribution >= 4 is 17.7 Å². The van der Waals surface area contributed by atoms with Gasteiger partial charge in [-0.25, -0.2) is 8.78 Å². The normalized spacial score (nSPS) is 18.2. The summed E-state index contributed by atoms with van der Waals surface area (Å²) in [6.45, 7) is -0.467. The van der Waals surface area contributed by atoms with Gasteiger partial charge in [-0.2, -0.15) is 5.26 Å². The molecule has 9 heteroatoms. The monoisotopic (exact) mass is 424 g/mol. The highest BCUT2D eigenvalue weighted by atomic mass is 19.1. The van der Waals surface area contributed by atoms with Crippen molar-refractivity contribution in [3.05, 3.63) is 70.8 Å². The number of halogens is 2. The van der Waals surface area contributed by atoms with Crippen LogP contribution in [-0.4, -0.2) is 35.2 Å². The van der Waals surface area contributed by atoms with Gasteiger partial charge < -0.3 is 15.5 Å². The zero-order valence-corrected chi connectivity index (χ0v) is 16.3. The molecule has 1 fully saturated rings. The Balaban J connectivity index is 1.43. The predicted octanol–water partition coefficient (Wildman–Crippen LogP) is 2.12. The molecule has 31 heavy (non-hydrogen) atoms. The fraction of sp³-hybridized carbons (Fsp3) is 0.273. The van der Waals surface area contributed by atoms with Crippen molar-refractivity contribution in [2.24, 2.45) is 0 Å². The van der Waals surface area contributed by atoms with E-state index in [1.165, 1.54) is 0 Å². The van der Waals surface area contributed by atoms with Crippen molar-refractivity contribution in [2.45, 2.75) is 31.0 Å². The van der Waals surface area contributed by atoms with Crippen LogP contribution in [0.5, 0.6) is 0 Å². The lowest BCUT2D eigenvalue weighted by Gasteiger charge is -2.24. The molecule has 0 spiro atoms. The van der Waals surface area contributed by atoms with Crippen molar-refractivity contribution in [1.82, 2.24) is 15.5 Å². The number of hydrogen-bond donors (Lipinski definition) is 2. The molecule has 1 heterocycles. The number of benzene rings is 2. The SMILES string of the molecule is N#CC(NC(=O)CNC(=O)C1c2ccccc2C(=O)N1C1CC1)c1ccc(F)cc1F. The number of nitriles is 1. The minimum absolute atomic E-state index is 0.00565. The number of nitrogens with one attached hydrogen (secondary N) is 2. The van der Waals surface area contributed by atoms with Gasteiger partial charge in [0.2, 0.25) is 11.8 Å². The minimum atomic E-state index is -1.35. The summed E-state index contributed by atoms with van der Waals surface area (Å²) in [6, 6.07) is 9.09. The van der Waals surface area contributed by atoms with Crippen LogP contribution in [0.25, 0.3) is 0 Å². The molecule has 0 radical (unpaired) electrons. The lowest BCUT2D eigenvalue weighted by atomic mass is 10.0. The average Bonchev–Trinajstić information content (AvgIpc) is 3.55. The number of rotatable bonds is 6. The molecule has 2 atom stereocenters. The fourth-order valence-electron chi connectivity index (χ4n) is 3.72. The first kappa shape index (κ1) is 20.5. The third kappa shape index (κ3) is 3.97. The summed E-state index contributed by atoms with van der Waals surface area (Å²) < 4.78 is 27.0. The largest absolute Gasteiger partial charge is 0.345 e. The van der Waals surface area contributed by atoms with E-state index in [9.17, 15) is 28.4 Å². The lowest BCUT2D eigenvalue weighted by Crippen LogP contribution is -2.44. The summed E-state index contributed by atoms with van der Waals surface area (Å²) in [6.07, 6.45) is 1.63. The Morgan fingerprint density at radius 3 is 2.61 bits per heavy atom. The van der Waals surface area contributed by atoms with Crippen molar-refractivity contribution < 1.29 is 23.2 Å². The minimum Gasteiger partial charge on any atom is -0.345 e. The highest BCUT2D eigenvalue weighted by molar-refractivity contribution is 6.05. The summed E-state index contributed by atoms with van der Waals surface area (Å²) >= 11 is 0. The number of fused-ring (bicyclic) bond motifs is 1. The Morgan fingerprint density at radius 2 is 1.94 bits per heavy atom. The molecular formula is C22H18F2N4O3. The van der Waals surface area contributed by atoms with Gasteiger partial charge in [0.1, 0.15) is 23.7 Å². The number of amides is 3. The maximum atomic E-state index is 13.9. The molecule has 2 aromatic rings. The summed E-state index contributed by atoms with van der Waals surface area (Å²) in [5, 5.41) is 14.1. The maximum Gasteiger partial charge on any atom is 0.255 e. The Kier molecular flexibility index (Phi) is 5.38. The number of hydrogen-bond acceptors (Lipinski definition) is 4. The quantitative estimate of drug-likeness (QED) is 0.742. The van der Waals surface area contributed by atoms with Crippen molar-refractivity contribution in [3.8, 4) is 6.07 Å². The Labute approximate surface area is 176 Å². The molecule has 4 rings (SSSR count). The van der Waals surface area contributed by atoms with E-state index in [1.54, 1.807) is 35.2 Å². The number of nitrogens with zero attached hydrogens (tertiary/aromatic N) is 2. The first-order chi connectivity index (χ1) is 14.9. The topological polar surface area (TPSA) is 102 Å². The van der Waals surface area contributed by atoms with Crippen LogP contribution in [-0.2, 0) is 9.59 Å². The van der Waals surface area contributed by atoms with Crippen LogP contribution in [0.2, 0.25) is 0 Å². The summed E-state index contributed by atoms with van der Waals surface area (Å²) in [5.41, 5.74) is 0.870. The zero-order valence-electron chi connectivity index (χ0n) is 16.3. The molecule has 2 N–H and O–H groups in total. The second-order valence-corrected chi connectivity index (χ2v) is 7.45. The maximum absolute atomic E-state index is 13.9. The fourth-order valence-corrected chi connectivity index (χ4v) is 3.72. The Morgan fingerprint density at radius 1 is 1.19 bits per heavy atom. The van der Waals surface area contributed by atoms with Crippen LogP contribution in [0.1, 0.15) is 46.4 Å². The molecule has 2 unspecified atom stereocenters. The molecule has 1 aliphatic heterocycles. The van der Waals surface area contributed by atoms with Gasteiger partial charge in [0.15, 0.2) is 0 Å². The molecule has 7 nitrogen and oxygen atoms in total. The lowest BCUT2D eigenvalue weighted by molar-refractivity contribution is -0.129. The van der Waals surface area contributed by atoms with Crippen molar-refractivity contribution in [2.75, 3.05) is 6.54 Å². The van der Waals surface area contributed by atoms with Gasteiger partial charge in [-0.1, -0.05) is 24.3 Å². The zero-order chi connectivity index (χ0) is 22.1. The van der Waals surface area contributed by atoms with Gasteiger partial charge in [-0.15, -0.1) is 0 Å². The van der Waals surface area contributed by atoms with Crippen molar-refractivity contribution in [1.29, 1.82) is 5.26 Å². The van der Waals surface area contributed by atoms with Gasteiger partial charge in [-0.05, 0) is 30.5 Å². The summed E-state index contributed by atoms with van der Waals surface area (Å²) in [4.78, 5) is 39.4. The van der Waals surface area contributed by atoms with Gasteiger partial charge in [0, 0.05) is 23.2 Å². The van der Waals surface area contributed by atoms with E-state index < -0.39 is 42.1 Å². The second kappa shape index (κ2) is 8.14. The highest BCUT2D eigenvalue weighted by Gasteiger charge is 2.47. The molecule has 1 aliphatic carbocycles.